The van der Waals surface area contributed by atoms with Gasteiger partial charge >= 0.3 is 0 Å². The van der Waals surface area contributed by atoms with Gasteiger partial charge in [-0.3, -0.25) is 4.90 Å². The summed E-state index contributed by atoms with van der Waals surface area (Å²) < 4.78 is 3.50. The Kier molecular flexibility index (Phi) is 3.61. The lowest BCUT2D eigenvalue weighted by Crippen LogP contribution is -2.50. The average molecular weight is 316 g/mol. The third-order valence-electron chi connectivity index (χ3n) is 5.26. The van der Waals surface area contributed by atoms with Crippen LogP contribution in [0.15, 0.2) is 12.5 Å². The van der Waals surface area contributed by atoms with Gasteiger partial charge in [0.05, 0.1) is 18.2 Å². The summed E-state index contributed by atoms with van der Waals surface area (Å²) in [6, 6.07) is 0.520. The Bertz CT molecular complexity index is 697. The molecule has 0 saturated carbocycles. The van der Waals surface area contributed by atoms with Gasteiger partial charge in [0.1, 0.15) is 0 Å². The summed E-state index contributed by atoms with van der Waals surface area (Å²) in [6.07, 6.45) is 6.41. The second-order valence-corrected chi connectivity index (χ2v) is 6.76. The van der Waals surface area contributed by atoms with E-state index in [0.29, 0.717) is 6.04 Å². The summed E-state index contributed by atoms with van der Waals surface area (Å²) in [5.74, 6) is 1.08. The SMILES string of the molecule is CN1CCN(C2CCc3nn(-c4cncn4C)c(O)c3C2)CC1. The van der Waals surface area contributed by atoms with Gasteiger partial charge < -0.3 is 14.6 Å². The minimum absolute atomic E-state index is 0.280. The molecule has 7 nitrogen and oxygen atoms in total. The smallest absolute Gasteiger partial charge is 0.219 e. The third-order valence-corrected chi connectivity index (χ3v) is 5.26. The number of likely N-dealkylation sites (N-methyl/N-ethyl adjacent to an activating group) is 1. The van der Waals surface area contributed by atoms with Gasteiger partial charge in [0.25, 0.3) is 0 Å². The largest absolute Gasteiger partial charge is 0.493 e. The molecule has 1 fully saturated rings. The molecule has 3 heterocycles. The number of nitrogens with zero attached hydrogens (tertiary/aromatic N) is 6. The highest BCUT2D eigenvalue weighted by Gasteiger charge is 2.31. The summed E-state index contributed by atoms with van der Waals surface area (Å²) in [6.45, 7) is 4.49. The molecule has 2 aromatic rings. The number of rotatable bonds is 2. The van der Waals surface area contributed by atoms with E-state index in [2.05, 4.69) is 26.9 Å². The predicted octanol–water partition coefficient (Wildman–Crippen LogP) is 0.416. The molecule has 124 valence electrons. The van der Waals surface area contributed by atoms with Crippen molar-refractivity contribution < 1.29 is 5.11 Å². The number of fused-ring (bicyclic) bond motifs is 1. The molecule has 0 aromatic carbocycles. The van der Waals surface area contributed by atoms with Crippen molar-refractivity contribution in [2.24, 2.45) is 7.05 Å². The maximum Gasteiger partial charge on any atom is 0.219 e. The Morgan fingerprint density at radius 3 is 2.65 bits per heavy atom. The molecule has 7 heteroatoms. The van der Waals surface area contributed by atoms with Gasteiger partial charge in [0.15, 0.2) is 5.82 Å². The first-order valence-electron chi connectivity index (χ1n) is 8.32. The quantitative estimate of drug-likeness (QED) is 0.870. The summed E-state index contributed by atoms with van der Waals surface area (Å²) >= 11 is 0. The van der Waals surface area contributed by atoms with Crippen LogP contribution in [0.2, 0.25) is 0 Å². The van der Waals surface area contributed by atoms with Gasteiger partial charge in [-0.05, 0) is 26.3 Å². The Balaban J connectivity index is 1.58. The fourth-order valence-electron chi connectivity index (χ4n) is 3.75. The van der Waals surface area contributed by atoms with E-state index >= 15 is 0 Å². The molecule has 1 aliphatic carbocycles. The van der Waals surface area contributed by atoms with Gasteiger partial charge in [0.2, 0.25) is 5.88 Å². The zero-order valence-electron chi connectivity index (χ0n) is 13.8. The first kappa shape index (κ1) is 14.7. The minimum Gasteiger partial charge on any atom is -0.493 e. The van der Waals surface area contributed by atoms with Crippen LogP contribution < -0.4 is 0 Å². The molecule has 0 spiro atoms. The fraction of sp³-hybridized carbons (Fsp3) is 0.625. The van der Waals surface area contributed by atoms with Crippen LogP contribution in [0, 0.1) is 0 Å². The van der Waals surface area contributed by atoms with Crippen molar-refractivity contribution in [2.75, 3.05) is 33.2 Å². The van der Waals surface area contributed by atoms with Crippen LogP contribution in [-0.4, -0.2) is 73.5 Å². The van der Waals surface area contributed by atoms with E-state index < -0.39 is 0 Å². The Morgan fingerprint density at radius 2 is 1.96 bits per heavy atom. The highest BCUT2D eigenvalue weighted by molar-refractivity contribution is 5.39. The van der Waals surface area contributed by atoms with Crippen LogP contribution in [0.1, 0.15) is 17.7 Å². The third kappa shape index (κ3) is 2.53. The van der Waals surface area contributed by atoms with Crippen molar-refractivity contribution in [3.8, 4) is 11.7 Å². The van der Waals surface area contributed by atoms with Gasteiger partial charge in [-0.15, -0.1) is 0 Å². The summed E-state index contributed by atoms with van der Waals surface area (Å²) in [5, 5.41) is 15.3. The lowest BCUT2D eigenvalue weighted by Gasteiger charge is -2.39. The number of imidazole rings is 1. The molecule has 1 aliphatic heterocycles. The van der Waals surface area contributed by atoms with Crippen molar-refractivity contribution >= 4 is 0 Å². The van der Waals surface area contributed by atoms with E-state index in [0.717, 1.165) is 62.5 Å². The monoisotopic (exact) mass is 316 g/mol. The van der Waals surface area contributed by atoms with Gasteiger partial charge in [-0.25, -0.2) is 4.98 Å². The second kappa shape index (κ2) is 5.65. The highest BCUT2D eigenvalue weighted by Crippen LogP contribution is 2.32. The second-order valence-electron chi connectivity index (χ2n) is 6.76. The zero-order valence-corrected chi connectivity index (χ0v) is 13.8. The number of hydrogen-bond acceptors (Lipinski definition) is 5. The van der Waals surface area contributed by atoms with Crippen molar-refractivity contribution in [3.63, 3.8) is 0 Å². The highest BCUT2D eigenvalue weighted by atomic mass is 16.3. The number of piperazine rings is 1. The average Bonchev–Trinajstić information content (AvgIpc) is 3.11. The van der Waals surface area contributed by atoms with Crippen molar-refractivity contribution in [1.82, 2.24) is 29.1 Å². The van der Waals surface area contributed by atoms with Gasteiger partial charge in [0, 0.05) is 44.8 Å². The molecule has 1 unspecified atom stereocenters. The van der Waals surface area contributed by atoms with Crippen LogP contribution in [0.3, 0.4) is 0 Å². The topological polar surface area (TPSA) is 62.3 Å². The lowest BCUT2D eigenvalue weighted by molar-refractivity contribution is 0.103. The van der Waals surface area contributed by atoms with Crippen LogP contribution in [0.5, 0.6) is 5.88 Å². The molecule has 23 heavy (non-hydrogen) atoms. The van der Waals surface area contributed by atoms with E-state index in [9.17, 15) is 5.11 Å². The molecule has 2 aliphatic rings. The molecule has 1 N–H and O–H groups in total. The number of aromatic nitrogens is 4. The molecule has 0 bridgehead atoms. The number of aromatic hydroxyl groups is 1. The predicted molar refractivity (Wildman–Crippen MR) is 86.9 cm³/mol. The molecular weight excluding hydrogens is 292 g/mol. The molecule has 1 saturated heterocycles. The molecule has 0 amide bonds. The molecule has 1 atom stereocenters. The first-order chi connectivity index (χ1) is 11.1. The molecule has 0 radical (unpaired) electrons. The maximum absolute atomic E-state index is 10.7. The van der Waals surface area contributed by atoms with E-state index in [4.69, 9.17) is 0 Å². The van der Waals surface area contributed by atoms with Gasteiger partial charge in [-0.1, -0.05) is 0 Å². The number of hydrogen-bond donors (Lipinski definition) is 1. The van der Waals surface area contributed by atoms with E-state index in [-0.39, 0.29) is 5.88 Å². The Morgan fingerprint density at radius 1 is 1.17 bits per heavy atom. The molecule has 2 aromatic heterocycles. The Labute approximate surface area is 136 Å². The normalized spacial score (nSPS) is 23.1. The molecular formula is C16H24N6O. The Hall–Kier alpha value is -1.86. The zero-order chi connectivity index (χ0) is 16.0. The van der Waals surface area contributed by atoms with Crippen LogP contribution >= 0.6 is 0 Å². The number of aryl methyl sites for hydroxylation is 2. The fourth-order valence-corrected chi connectivity index (χ4v) is 3.75. The standard InChI is InChI=1S/C16H24N6O/c1-19-5-7-21(8-6-19)12-3-4-14-13(9-12)16(23)22(18-14)15-10-17-11-20(15)2/h10-12,23H,3-9H2,1-2H3. The van der Waals surface area contributed by atoms with Gasteiger partial charge in [-0.2, -0.15) is 9.78 Å². The summed E-state index contributed by atoms with van der Waals surface area (Å²) in [5.41, 5.74) is 2.05. The van der Waals surface area contributed by atoms with Crippen LogP contribution in [0.4, 0.5) is 0 Å². The van der Waals surface area contributed by atoms with Crippen molar-refractivity contribution in [1.29, 1.82) is 0 Å². The van der Waals surface area contributed by atoms with Crippen molar-refractivity contribution in [3.05, 3.63) is 23.8 Å². The van der Waals surface area contributed by atoms with Crippen LogP contribution in [-0.2, 0) is 19.9 Å². The lowest BCUT2D eigenvalue weighted by atomic mass is 9.91. The van der Waals surface area contributed by atoms with E-state index in [1.807, 2.05) is 11.6 Å². The minimum atomic E-state index is 0.280. The molecule has 4 rings (SSSR count). The summed E-state index contributed by atoms with van der Waals surface area (Å²) in [7, 11) is 4.09. The van der Waals surface area contributed by atoms with E-state index in [1.54, 1.807) is 17.2 Å². The first-order valence-corrected chi connectivity index (χ1v) is 8.32. The van der Waals surface area contributed by atoms with E-state index in [1.165, 1.54) is 0 Å². The maximum atomic E-state index is 10.7. The van der Waals surface area contributed by atoms with Crippen molar-refractivity contribution in [2.45, 2.75) is 25.3 Å². The van der Waals surface area contributed by atoms with Crippen LogP contribution in [0.25, 0.3) is 5.82 Å². The summed E-state index contributed by atoms with van der Waals surface area (Å²) in [4.78, 5) is 9.07.